The van der Waals surface area contributed by atoms with Crippen LogP contribution in [0, 0.1) is 5.82 Å². The number of anilines is 1. The Morgan fingerprint density at radius 3 is 2.71 bits per heavy atom. The molecule has 0 bridgehead atoms. The molecule has 2 heterocycles. The van der Waals surface area contributed by atoms with Crippen LogP contribution >= 0.6 is 15.9 Å². The van der Waals surface area contributed by atoms with Crippen LogP contribution in [0.3, 0.4) is 0 Å². The van der Waals surface area contributed by atoms with E-state index in [9.17, 15) is 4.39 Å². The average Bonchev–Trinajstić information content (AvgIpc) is 2.50. The van der Waals surface area contributed by atoms with Crippen LogP contribution in [0.25, 0.3) is 11.5 Å². The fourth-order valence-corrected chi connectivity index (χ4v) is 1.31. The molecule has 2 rings (SSSR count). The van der Waals surface area contributed by atoms with Crippen molar-refractivity contribution < 1.29 is 8.91 Å². The molecule has 0 aliphatic carbocycles. The molecule has 0 saturated heterocycles. The topological polar surface area (TPSA) is 64.9 Å². The molecule has 72 valence electrons. The number of nitrogens with zero attached hydrogens (tertiary/aromatic N) is 2. The average molecular weight is 258 g/mol. The van der Waals surface area contributed by atoms with E-state index in [0.717, 1.165) is 6.20 Å². The van der Waals surface area contributed by atoms with Crippen molar-refractivity contribution in [2.45, 2.75) is 0 Å². The minimum absolute atomic E-state index is 0.242. The number of aromatic nitrogens is 2. The molecule has 0 aromatic carbocycles. The van der Waals surface area contributed by atoms with E-state index in [1.54, 1.807) is 0 Å². The van der Waals surface area contributed by atoms with Crippen molar-refractivity contribution >= 4 is 21.7 Å². The van der Waals surface area contributed by atoms with Crippen molar-refractivity contribution in [2.24, 2.45) is 0 Å². The summed E-state index contributed by atoms with van der Waals surface area (Å²) in [6.45, 7) is 0. The fraction of sp³-hybridized carbons (Fsp3) is 0. The molecule has 0 aliphatic rings. The molecule has 2 aromatic rings. The highest BCUT2D eigenvalue weighted by atomic mass is 79.9. The van der Waals surface area contributed by atoms with E-state index in [1.165, 1.54) is 12.1 Å². The highest BCUT2D eigenvalue weighted by molar-refractivity contribution is 9.10. The van der Waals surface area contributed by atoms with Gasteiger partial charge in [0.1, 0.15) is 16.0 Å². The van der Waals surface area contributed by atoms with Crippen LogP contribution in [0.1, 0.15) is 0 Å². The summed E-state index contributed by atoms with van der Waals surface area (Å²) in [5.74, 6) is 0.228. The minimum Gasteiger partial charge on any atom is -0.380 e. The van der Waals surface area contributed by atoms with Crippen molar-refractivity contribution in [3.8, 4) is 11.5 Å². The van der Waals surface area contributed by atoms with Crippen LogP contribution in [-0.4, -0.2) is 10.1 Å². The number of nitrogen functional groups attached to an aromatic ring is 1. The summed E-state index contributed by atoms with van der Waals surface area (Å²) in [6, 6.07) is 2.77. The Morgan fingerprint density at radius 1 is 1.43 bits per heavy atom. The Morgan fingerprint density at radius 2 is 2.21 bits per heavy atom. The van der Waals surface area contributed by atoms with Gasteiger partial charge in [0.15, 0.2) is 5.82 Å². The summed E-state index contributed by atoms with van der Waals surface area (Å²) < 4.78 is 18.0. The summed E-state index contributed by atoms with van der Waals surface area (Å²) in [6.07, 6.45) is 1.10. The maximum Gasteiger partial charge on any atom is 0.201 e. The van der Waals surface area contributed by atoms with Gasteiger partial charge in [0.2, 0.25) is 5.76 Å². The maximum atomic E-state index is 12.6. The van der Waals surface area contributed by atoms with Gasteiger partial charge in [-0.3, -0.25) is 0 Å². The number of halogens is 2. The minimum atomic E-state index is -0.405. The standard InChI is InChI=1S/C8H5BrFN3O/c9-6-7(14-13-8(6)11)5-2-1-4(10)3-12-5/h1-3H,(H2,11,13). The number of hydrogen-bond donors (Lipinski definition) is 1. The lowest BCUT2D eigenvalue weighted by atomic mass is 10.3. The summed E-state index contributed by atoms with van der Waals surface area (Å²) in [7, 11) is 0. The normalized spacial score (nSPS) is 10.4. The number of rotatable bonds is 1. The predicted octanol–water partition coefficient (Wildman–Crippen LogP) is 2.22. The SMILES string of the molecule is Nc1noc(-c2ccc(F)cn2)c1Br. The van der Waals surface area contributed by atoms with Gasteiger partial charge in [0.25, 0.3) is 0 Å². The summed E-state index contributed by atoms with van der Waals surface area (Å²) >= 11 is 3.19. The smallest absolute Gasteiger partial charge is 0.201 e. The fourth-order valence-electron chi connectivity index (χ4n) is 0.961. The third-order valence-electron chi connectivity index (χ3n) is 1.62. The molecule has 0 radical (unpaired) electrons. The third-order valence-corrected chi connectivity index (χ3v) is 2.39. The second kappa shape index (κ2) is 3.38. The molecule has 0 amide bonds. The first kappa shape index (κ1) is 9.14. The quantitative estimate of drug-likeness (QED) is 0.851. The molecule has 2 N–H and O–H groups in total. The van der Waals surface area contributed by atoms with Gasteiger partial charge in [-0.15, -0.1) is 0 Å². The molecule has 0 spiro atoms. The Kier molecular flexibility index (Phi) is 2.20. The van der Waals surface area contributed by atoms with Gasteiger partial charge in [-0.1, -0.05) is 5.16 Å². The van der Waals surface area contributed by atoms with Crippen molar-refractivity contribution in [1.29, 1.82) is 0 Å². The molecule has 0 fully saturated rings. The van der Waals surface area contributed by atoms with Crippen LogP contribution in [0.15, 0.2) is 27.3 Å². The monoisotopic (exact) mass is 257 g/mol. The number of nitrogens with two attached hydrogens (primary N) is 1. The van der Waals surface area contributed by atoms with E-state index in [0.29, 0.717) is 15.9 Å². The molecule has 0 unspecified atom stereocenters. The zero-order chi connectivity index (χ0) is 10.1. The third kappa shape index (κ3) is 1.48. The Bertz CT molecular complexity index is 454. The summed E-state index contributed by atoms with van der Waals surface area (Å²) in [5, 5.41) is 3.54. The second-order valence-electron chi connectivity index (χ2n) is 2.57. The van der Waals surface area contributed by atoms with Crippen LogP contribution < -0.4 is 5.73 Å². The zero-order valence-electron chi connectivity index (χ0n) is 6.87. The van der Waals surface area contributed by atoms with Gasteiger partial charge < -0.3 is 10.3 Å². The van der Waals surface area contributed by atoms with E-state index in [1.807, 2.05) is 0 Å². The van der Waals surface area contributed by atoms with Gasteiger partial charge in [-0.05, 0) is 28.1 Å². The largest absolute Gasteiger partial charge is 0.380 e. The molecule has 6 heteroatoms. The first-order valence-corrected chi connectivity index (χ1v) is 4.50. The second-order valence-corrected chi connectivity index (χ2v) is 3.37. The highest BCUT2D eigenvalue weighted by Gasteiger charge is 2.13. The zero-order valence-corrected chi connectivity index (χ0v) is 8.45. The van der Waals surface area contributed by atoms with Crippen molar-refractivity contribution in [2.75, 3.05) is 5.73 Å². The number of pyridine rings is 1. The van der Waals surface area contributed by atoms with Crippen molar-refractivity contribution in [1.82, 2.24) is 10.1 Å². The van der Waals surface area contributed by atoms with Gasteiger partial charge in [0.05, 0.1) is 6.20 Å². The lowest BCUT2D eigenvalue weighted by molar-refractivity contribution is 0.434. The van der Waals surface area contributed by atoms with Gasteiger partial charge >= 0.3 is 0 Å². The molecule has 0 atom stereocenters. The summed E-state index contributed by atoms with van der Waals surface area (Å²) in [5.41, 5.74) is 5.93. The molecular weight excluding hydrogens is 253 g/mol. The van der Waals surface area contributed by atoms with Gasteiger partial charge in [0, 0.05) is 0 Å². The highest BCUT2D eigenvalue weighted by Crippen LogP contribution is 2.30. The van der Waals surface area contributed by atoms with Crippen molar-refractivity contribution in [3.63, 3.8) is 0 Å². The summed E-state index contributed by atoms with van der Waals surface area (Å²) in [4.78, 5) is 3.83. The van der Waals surface area contributed by atoms with E-state index in [-0.39, 0.29) is 5.82 Å². The Hall–Kier alpha value is -1.43. The molecule has 0 aliphatic heterocycles. The molecule has 4 nitrogen and oxygen atoms in total. The number of hydrogen-bond acceptors (Lipinski definition) is 4. The van der Waals surface area contributed by atoms with Crippen LogP contribution in [0.2, 0.25) is 0 Å². The van der Waals surface area contributed by atoms with E-state index < -0.39 is 5.82 Å². The first-order valence-electron chi connectivity index (χ1n) is 3.71. The Balaban J connectivity index is 2.49. The van der Waals surface area contributed by atoms with E-state index in [4.69, 9.17) is 10.3 Å². The van der Waals surface area contributed by atoms with Gasteiger partial charge in [-0.2, -0.15) is 0 Å². The van der Waals surface area contributed by atoms with Crippen molar-refractivity contribution in [3.05, 3.63) is 28.6 Å². The van der Waals surface area contributed by atoms with Crippen LogP contribution in [0.4, 0.5) is 10.2 Å². The molecule has 0 saturated carbocycles. The Labute approximate surface area is 87.0 Å². The van der Waals surface area contributed by atoms with Gasteiger partial charge in [-0.25, -0.2) is 9.37 Å². The lowest BCUT2D eigenvalue weighted by Crippen LogP contribution is -1.85. The van der Waals surface area contributed by atoms with Crippen LogP contribution in [0.5, 0.6) is 0 Å². The van der Waals surface area contributed by atoms with E-state index >= 15 is 0 Å². The lowest BCUT2D eigenvalue weighted by Gasteiger charge is -1.94. The molecular formula is C8H5BrFN3O. The van der Waals surface area contributed by atoms with E-state index in [2.05, 4.69) is 26.1 Å². The molecule has 14 heavy (non-hydrogen) atoms. The first-order chi connectivity index (χ1) is 6.68. The molecule has 2 aromatic heterocycles. The predicted molar refractivity (Wildman–Crippen MR) is 51.8 cm³/mol. The maximum absolute atomic E-state index is 12.6. The van der Waals surface area contributed by atoms with Crippen LogP contribution in [-0.2, 0) is 0 Å².